The highest BCUT2D eigenvalue weighted by atomic mass is 16.4. The Morgan fingerprint density at radius 3 is 2.05 bits per heavy atom. The minimum atomic E-state index is -1.74. The normalized spacial score (nSPS) is 23.8. The predicted octanol–water partition coefficient (Wildman–Crippen LogP) is -6.78. The van der Waals surface area contributed by atoms with Crippen molar-refractivity contribution in [2.24, 2.45) is 16.5 Å². The maximum absolute atomic E-state index is 12.8. The van der Waals surface area contributed by atoms with Gasteiger partial charge in [0, 0.05) is 20.0 Å². The minimum Gasteiger partial charge on any atom is -0.481 e. The summed E-state index contributed by atoms with van der Waals surface area (Å²) >= 11 is 0. The van der Waals surface area contributed by atoms with Gasteiger partial charge in [-0.2, -0.15) is 0 Å². The van der Waals surface area contributed by atoms with Crippen LogP contribution in [-0.2, 0) is 38.4 Å². The Bertz CT molecular complexity index is 1100. The van der Waals surface area contributed by atoms with Crippen molar-refractivity contribution in [1.29, 1.82) is 0 Å². The second-order valence-electron chi connectivity index (χ2n) is 9.26. The Morgan fingerprint density at radius 2 is 1.47 bits per heavy atom. The van der Waals surface area contributed by atoms with E-state index in [2.05, 4.69) is 42.2 Å². The zero-order valence-electron chi connectivity index (χ0n) is 23.4. The fourth-order valence-corrected chi connectivity index (χ4v) is 3.60. The minimum absolute atomic E-state index is 0.0592. The molecule has 0 spiro atoms. The van der Waals surface area contributed by atoms with E-state index < -0.39 is 97.6 Å². The number of carbonyl (C=O) groups is 8. The van der Waals surface area contributed by atoms with Gasteiger partial charge in [-0.1, -0.05) is 0 Å². The van der Waals surface area contributed by atoms with Crippen LogP contribution in [-0.4, -0.2) is 121 Å². The molecule has 1 aliphatic heterocycles. The summed E-state index contributed by atoms with van der Waals surface area (Å²) in [5.41, 5.74) is 10.8. The number of nitrogens with two attached hydrogens (primary N) is 2. The van der Waals surface area contributed by atoms with Crippen molar-refractivity contribution in [3.8, 4) is 0 Å². The smallest absolute Gasteiger partial charge is 0.305 e. The zero-order chi connectivity index (χ0) is 32.5. The van der Waals surface area contributed by atoms with E-state index in [1.807, 2.05) is 0 Å². The molecule has 0 saturated carbocycles. The number of carbonyl (C=O) groups excluding carboxylic acids is 7. The van der Waals surface area contributed by atoms with E-state index in [4.69, 9.17) is 11.5 Å². The fraction of sp³-hybridized carbons (Fsp3) is 0.609. The van der Waals surface area contributed by atoms with Crippen molar-refractivity contribution in [2.45, 2.75) is 56.3 Å². The van der Waals surface area contributed by atoms with Crippen LogP contribution in [0.25, 0.3) is 0 Å². The number of carboxylic acid groups (broad SMARTS) is 1. The quantitative estimate of drug-likeness (QED) is 0.0690. The number of aliphatic hydroxyl groups is 1. The average molecular weight is 615 g/mol. The third-order valence-corrected chi connectivity index (χ3v) is 5.90. The lowest BCUT2D eigenvalue weighted by molar-refractivity contribution is -0.141. The van der Waals surface area contributed by atoms with E-state index in [-0.39, 0.29) is 31.8 Å². The molecule has 0 aromatic heterocycles. The van der Waals surface area contributed by atoms with E-state index in [9.17, 15) is 48.6 Å². The van der Waals surface area contributed by atoms with Crippen LogP contribution in [0.5, 0.6) is 0 Å². The predicted molar refractivity (Wildman–Crippen MR) is 146 cm³/mol. The van der Waals surface area contributed by atoms with Crippen LogP contribution in [0.3, 0.4) is 0 Å². The molecule has 7 amide bonds. The third kappa shape index (κ3) is 13.9. The van der Waals surface area contributed by atoms with E-state index in [0.29, 0.717) is 6.42 Å². The molecule has 0 unspecified atom stereocenters. The molecule has 1 aliphatic rings. The number of hydrogen-bond acceptors (Lipinski definition) is 10. The summed E-state index contributed by atoms with van der Waals surface area (Å²) in [5, 5.41) is 35.0. The first-order valence-electron chi connectivity index (χ1n) is 13.1. The summed E-state index contributed by atoms with van der Waals surface area (Å²) in [6, 6.07) is -6.04. The third-order valence-electron chi connectivity index (χ3n) is 5.90. The molecule has 1 fully saturated rings. The maximum atomic E-state index is 12.8. The molecule has 1 heterocycles. The van der Waals surface area contributed by atoms with Gasteiger partial charge >= 0.3 is 5.97 Å². The number of primary amides is 1. The van der Waals surface area contributed by atoms with E-state index >= 15 is 0 Å². The van der Waals surface area contributed by atoms with Gasteiger partial charge in [0.25, 0.3) is 0 Å². The van der Waals surface area contributed by atoms with Gasteiger partial charge < -0.3 is 58.9 Å². The van der Waals surface area contributed by atoms with Gasteiger partial charge in [0.05, 0.1) is 26.1 Å². The van der Waals surface area contributed by atoms with Crippen LogP contribution in [0.15, 0.2) is 4.99 Å². The number of guanidine groups is 1. The summed E-state index contributed by atoms with van der Waals surface area (Å²) < 4.78 is 0. The van der Waals surface area contributed by atoms with Crippen LogP contribution in [0, 0.1) is 0 Å². The number of nitrogens with one attached hydrogen (secondary N) is 7. The molecular weight excluding hydrogens is 576 g/mol. The molecule has 0 radical (unpaired) electrons. The second-order valence-corrected chi connectivity index (χ2v) is 9.26. The maximum Gasteiger partial charge on any atom is 0.305 e. The highest BCUT2D eigenvalue weighted by Gasteiger charge is 2.31. The average Bonchev–Trinajstić information content (AvgIpc) is 2.95. The van der Waals surface area contributed by atoms with Gasteiger partial charge in [-0.25, -0.2) is 0 Å². The van der Waals surface area contributed by atoms with Crippen molar-refractivity contribution in [3.63, 3.8) is 0 Å². The molecule has 0 aromatic rings. The Kier molecular flexibility index (Phi) is 15.4. The summed E-state index contributed by atoms with van der Waals surface area (Å²) in [7, 11) is 1.46. The number of aliphatic carboxylic acids is 1. The summed E-state index contributed by atoms with van der Waals surface area (Å²) in [6.07, 6.45) is -1.26. The van der Waals surface area contributed by atoms with Crippen LogP contribution in [0.1, 0.15) is 32.1 Å². The van der Waals surface area contributed by atoms with E-state index in [1.165, 1.54) is 7.05 Å². The second kappa shape index (κ2) is 18.4. The largest absolute Gasteiger partial charge is 0.481 e. The van der Waals surface area contributed by atoms with Crippen molar-refractivity contribution in [1.82, 2.24) is 37.2 Å². The Morgan fingerprint density at radius 1 is 0.860 bits per heavy atom. The number of aliphatic imine (C=N–C) groups is 1. The molecular formula is C23H38N10O10. The molecule has 0 aromatic carbocycles. The van der Waals surface area contributed by atoms with Crippen LogP contribution >= 0.6 is 0 Å². The molecule has 4 atom stereocenters. The van der Waals surface area contributed by atoms with Gasteiger partial charge in [-0.3, -0.25) is 43.3 Å². The van der Waals surface area contributed by atoms with Gasteiger partial charge in [0.15, 0.2) is 5.96 Å². The molecule has 0 bridgehead atoms. The molecule has 0 aliphatic carbocycles. The monoisotopic (exact) mass is 614 g/mol. The number of nitrogens with zero attached hydrogens (tertiary/aromatic N) is 1. The van der Waals surface area contributed by atoms with Crippen LogP contribution in [0.2, 0.25) is 0 Å². The first kappa shape index (κ1) is 36.0. The first-order chi connectivity index (χ1) is 20.3. The number of hydrogen-bond donors (Lipinski definition) is 11. The lowest BCUT2D eigenvalue weighted by Crippen LogP contribution is -2.58. The van der Waals surface area contributed by atoms with E-state index in [0.717, 1.165) is 0 Å². The van der Waals surface area contributed by atoms with Gasteiger partial charge in [0.2, 0.25) is 41.4 Å². The topological polar surface area (TPSA) is 326 Å². The lowest BCUT2D eigenvalue weighted by Gasteiger charge is -2.23. The highest BCUT2D eigenvalue weighted by molar-refractivity contribution is 5.97. The number of rotatable bonds is 8. The summed E-state index contributed by atoms with van der Waals surface area (Å²) in [4.78, 5) is 102. The first-order valence-corrected chi connectivity index (χ1v) is 13.1. The van der Waals surface area contributed by atoms with Crippen molar-refractivity contribution in [3.05, 3.63) is 0 Å². The van der Waals surface area contributed by atoms with Gasteiger partial charge in [-0.15, -0.1) is 0 Å². The molecule has 240 valence electrons. The Hall–Kier alpha value is -5.01. The van der Waals surface area contributed by atoms with Crippen molar-refractivity contribution in [2.75, 3.05) is 33.3 Å². The fourth-order valence-electron chi connectivity index (χ4n) is 3.60. The summed E-state index contributed by atoms with van der Waals surface area (Å²) in [5.74, 6) is -7.93. The molecule has 1 rings (SSSR count). The van der Waals surface area contributed by atoms with E-state index in [1.54, 1.807) is 0 Å². The van der Waals surface area contributed by atoms with Crippen LogP contribution in [0.4, 0.5) is 0 Å². The highest BCUT2D eigenvalue weighted by Crippen LogP contribution is 2.02. The molecule has 20 heteroatoms. The SMILES string of the molecule is CN=C(N)NCCC[C@@H]1NC(=O)CNC(=O)CC[C@@H](C(N)=O)NC(=O)[C@H](CO)NC(=O)[C@H](CC(=O)O)NC(=O)CNC1=O. The Balaban J connectivity index is 3.19. The van der Waals surface area contributed by atoms with Gasteiger partial charge in [-0.05, 0) is 19.3 Å². The number of carboxylic acids is 1. The lowest BCUT2D eigenvalue weighted by atomic mass is 10.1. The zero-order valence-corrected chi connectivity index (χ0v) is 23.4. The molecule has 13 N–H and O–H groups in total. The standard InChI is InChI=1S/C23H38N10O10/c1-26-23(25)27-6-2-3-12-20(41)29-9-17(37)31-13(7-18(38)39)21(42)33-14(10-34)22(43)32-11(19(24)40)4-5-15(35)28-8-16(36)30-12/h11-14,34H,2-10H2,1H3,(H2,24,40)(H,28,35)(H,29,41)(H,30,36)(H,31,37)(H,32,43)(H,33,42)(H,38,39)(H3,25,26,27)/t11-,12-,13-,14-/m0/s1. The number of amides is 7. The molecule has 20 nitrogen and oxygen atoms in total. The van der Waals surface area contributed by atoms with Crippen LogP contribution < -0.4 is 48.7 Å². The molecule has 43 heavy (non-hydrogen) atoms. The van der Waals surface area contributed by atoms with Gasteiger partial charge in [0.1, 0.15) is 24.2 Å². The van der Waals surface area contributed by atoms with Crippen molar-refractivity contribution < 1.29 is 48.6 Å². The Labute approximate surface area is 245 Å². The summed E-state index contributed by atoms with van der Waals surface area (Å²) in [6.45, 7) is -2.00. The number of aliphatic hydroxyl groups excluding tert-OH is 1. The molecule has 1 saturated heterocycles. The van der Waals surface area contributed by atoms with Crippen molar-refractivity contribution >= 4 is 53.3 Å².